The van der Waals surface area contributed by atoms with E-state index in [1.165, 1.54) is 11.3 Å². The van der Waals surface area contributed by atoms with Crippen molar-refractivity contribution in [3.8, 4) is 0 Å². The molecular formula is C24H29N5O. The average Bonchev–Trinajstić information content (AvgIpc) is 3.18. The summed E-state index contributed by atoms with van der Waals surface area (Å²) in [4.78, 5) is 14.9. The standard InChI is InChI=1S/C24H29N5O/c1-3-28(2)23-14-8-7-12-21(23)27-24(30)26-20-13-9-15-22-19(20)16-25-29(22)17-18-10-5-4-6-11-18/h4-8,10-12,14,16,20H,3,9,13,15,17H2,1-2H3,(H2,26,27,30). The van der Waals surface area contributed by atoms with Crippen molar-refractivity contribution in [2.45, 2.75) is 38.8 Å². The molecule has 0 bridgehead atoms. The van der Waals surface area contributed by atoms with E-state index in [1.54, 1.807) is 0 Å². The van der Waals surface area contributed by atoms with Crippen molar-refractivity contribution in [2.75, 3.05) is 23.8 Å². The minimum atomic E-state index is -0.180. The predicted octanol–water partition coefficient (Wildman–Crippen LogP) is 4.59. The fourth-order valence-electron chi connectivity index (χ4n) is 4.06. The van der Waals surface area contributed by atoms with Gasteiger partial charge in [-0.2, -0.15) is 5.10 Å². The fraction of sp³-hybridized carbons (Fsp3) is 0.333. The lowest BCUT2D eigenvalue weighted by molar-refractivity contribution is 0.247. The summed E-state index contributed by atoms with van der Waals surface area (Å²) >= 11 is 0. The molecule has 2 N–H and O–H groups in total. The highest BCUT2D eigenvalue weighted by atomic mass is 16.2. The van der Waals surface area contributed by atoms with E-state index in [0.717, 1.165) is 49.3 Å². The lowest BCUT2D eigenvalue weighted by Gasteiger charge is -2.25. The summed E-state index contributed by atoms with van der Waals surface area (Å²) < 4.78 is 2.07. The highest BCUT2D eigenvalue weighted by Gasteiger charge is 2.26. The number of fused-ring (bicyclic) bond motifs is 1. The first-order valence-electron chi connectivity index (χ1n) is 10.6. The van der Waals surface area contributed by atoms with Crippen molar-refractivity contribution in [3.63, 3.8) is 0 Å². The Morgan fingerprint density at radius 2 is 1.93 bits per heavy atom. The number of para-hydroxylation sites is 2. The molecule has 0 saturated heterocycles. The molecular weight excluding hydrogens is 374 g/mol. The van der Waals surface area contributed by atoms with Gasteiger partial charge < -0.3 is 15.5 Å². The molecule has 2 aromatic carbocycles. The maximum Gasteiger partial charge on any atom is 0.319 e. The molecule has 6 heteroatoms. The van der Waals surface area contributed by atoms with Crippen LogP contribution >= 0.6 is 0 Å². The quantitative estimate of drug-likeness (QED) is 0.633. The third kappa shape index (κ3) is 4.32. The van der Waals surface area contributed by atoms with Crippen LogP contribution in [0.4, 0.5) is 16.2 Å². The van der Waals surface area contributed by atoms with E-state index in [0.29, 0.717) is 0 Å². The number of amides is 2. The Balaban J connectivity index is 1.46. The number of carbonyl (C=O) groups excluding carboxylic acids is 1. The number of aromatic nitrogens is 2. The van der Waals surface area contributed by atoms with Crippen LogP contribution in [-0.2, 0) is 13.0 Å². The first-order valence-corrected chi connectivity index (χ1v) is 10.6. The van der Waals surface area contributed by atoms with Crippen molar-refractivity contribution in [2.24, 2.45) is 0 Å². The molecule has 1 heterocycles. The molecule has 0 radical (unpaired) electrons. The number of hydrogen-bond donors (Lipinski definition) is 2. The van der Waals surface area contributed by atoms with Crippen molar-refractivity contribution >= 4 is 17.4 Å². The second kappa shape index (κ2) is 9.03. The molecule has 30 heavy (non-hydrogen) atoms. The van der Waals surface area contributed by atoms with Gasteiger partial charge >= 0.3 is 6.03 Å². The molecule has 1 aliphatic rings. The Morgan fingerprint density at radius 3 is 2.73 bits per heavy atom. The molecule has 1 unspecified atom stereocenters. The molecule has 4 rings (SSSR count). The first kappa shape index (κ1) is 20.0. The van der Waals surface area contributed by atoms with Gasteiger partial charge in [-0.15, -0.1) is 0 Å². The number of benzene rings is 2. The van der Waals surface area contributed by atoms with Gasteiger partial charge in [0.15, 0.2) is 0 Å². The van der Waals surface area contributed by atoms with Crippen molar-refractivity contribution in [1.82, 2.24) is 15.1 Å². The van der Waals surface area contributed by atoms with Gasteiger partial charge in [0.05, 0.1) is 30.2 Å². The van der Waals surface area contributed by atoms with E-state index < -0.39 is 0 Å². The minimum Gasteiger partial charge on any atom is -0.373 e. The van der Waals surface area contributed by atoms with Crippen LogP contribution < -0.4 is 15.5 Å². The van der Waals surface area contributed by atoms with E-state index in [1.807, 2.05) is 55.7 Å². The summed E-state index contributed by atoms with van der Waals surface area (Å²) in [5.41, 5.74) is 5.41. The molecule has 0 aliphatic heterocycles. The van der Waals surface area contributed by atoms with Gasteiger partial charge in [0.2, 0.25) is 0 Å². The van der Waals surface area contributed by atoms with Crippen LogP contribution in [0.1, 0.15) is 42.6 Å². The largest absolute Gasteiger partial charge is 0.373 e. The van der Waals surface area contributed by atoms with Gasteiger partial charge in [0.1, 0.15) is 0 Å². The number of urea groups is 1. The summed E-state index contributed by atoms with van der Waals surface area (Å²) in [6.45, 7) is 3.71. The van der Waals surface area contributed by atoms with Crippen LogP contribution in [0.2, 0.25) is 0 Å². The van der Waals surface area contributed by atoms with E-state index in [4.69, 9.17) is 0 Å². The summed E-state index contributed by atoms with van der Waals surface area (Å²) in [6.07, 6.45) is 4.87. The molecule has 0 saturated carbocycles. The number of rotatable bonds is 6. The van der Waals surface area contributed by atoms with Gasteiger partial charge in [-0.25, -0.2) is 4.79 Å². The lowest BCUT2D eigenvalue weighted by Crippen LogP contribution is -2.34. The normalized spacial score (nSPS) is 15.3. The van der Waals surface area contributed by atoms with E-state index >= 15 is 0 Å². The lowest BCUT2D eigenvalue weighted by atomic mass is 9.93. The Bertz CT molecular complexity index is 998. The third-order valence-electron chi connectivity index (χ3n) is 5.78. The fourth-order valence-corrected chi connectivity index (χ4v) is 4.06. The van der Waals surface area contributed by atoms with Crippen LogP contribution in [0.3, 0.4) is 0 Å². The number of hydrogen-bond acceptors (Lipinski definition) is 3. The summed E-state index contributed by atoms with van der Waals surface area (Å²) in [7, 11) is 2.02. The predicted molar refractivity (Wildman–Crippen MR) is 121 cm³/mol. The minimum absolute atomic E-state index is 0.0191. The number of carbonyl (C=O) groups is 1. The zero-order chi connectivity index (χ0) is 20.9. The Kier molecular flexibility index (Phi) is 6.02. The monoisotopic (exact) mass is 403 g/mol. The molecule has 6 nitrogen and oxygen atoms in total. The summed E-state index contributed by atoms with van der Waals surface area (Å²) in [6, 6.07) is 18.0. The molecule has 1 aromatic heterocycles. The Hall–Kier alpha value is -3.28. The van der Waals surface area contributed by atoms with Gasteiger partial charge in [0.25, 0.3) is 0 Å². The zero-order valence-electron chi connectivity index (χ0n) is 17.6. The number of anilines is 2. The molecule has 156 valence electrons. The van der Waals surface area contributed by atoms with E-state index in [-0.39, 0.29) is 12.1 Å². The highest BCUT2D eigenvalue weighted by Crippen LogP contribution is 2.30. The van der Waals surface area contributed by atoms with Gasteiger partial charge in [-0.05, 0) is 43.9 Å². The van der Waals surface area contributed by atoms with Crippen LogP contribution in [0.15, 0.2) is 60.8 Å². The average molecular weight is 404 g/mol. The molecule has 1 atom stereocenters. The maximum atomic E-state index is 12.8. The molecule has 1 aliphatic carbocycles. The van der Waals surface area contributed by atoms with E-state index in [2.05, 4.69) is 44.4 Å². The van der Waals surface area contributed by atoms with Crippen molar-refractivity contribution in [1.29, 1.82) is 0 Å². The van der Waals surface area contributed by atoms with Crippen LogP contribution in [0.5, 0.6) is 0 Å². The topological polar surface area (TPSA) is 62.2 Å². The molecule has 2 amide bonds. The van der Waals surface area contributed by atoms with Gasteiger partial charge in [-0.3, -0.25) is 4.68 Å². The zero-order valence-corrected chi connectivity index (χ0v) is 17.6. The maximum absolute atomic E-state index is 12.8. The van der Waals surface area contributed by atoms with Crippen LogP contribution in [0.25, 0.3) is 0 Å². The molecule has 0 spiro atoms. The first-order chi connectivity index (χ1) is 14.7. The molecule has 3 aromatic rings. The Morgan fingerprint density at radius 1 is 1.17 bits per heavy atom. The number of nitrogens with one attached hydrogen (secondary N) is 2. The summed E-state index contributed by atoms with van der Waals surface area (Å²) in [5, 5.41) is 10.8. The van der Waals surface area contributed by atoms with Crippen molar-refractivity contribution < 1.29 is 4.79 Å². The second-order valence-corrected chi connectivity index (χ2v) is 7.76. The summed E-state index contributed by atoms with van der Waals surface area (Å²) in [5.74, 6) is 0. The van der Waals surface area contributed by atoms with Gasteiger partial charge in [-0.1, -0.05) is 42.5 Å². The van der Waals surface area contributed by atoms with Crippen LogP contribution in [-0.4, -0.2) is 29.4 Å². The molecule has 0 fully saturated rings. The van der Waals surface area contributed by atoms with Gasteiger partial charge in [0, 0.05) is 24.8 Å². The van der Waals surface area contributed by atoms with Crippen molar-refractivity contribution in [3.05, 3.63) is 77.6 Å². The van der Waals surface area contributed by atoms with Crippen LogP contribution in [0, 0.1) is 0 Å². The highest BCUT2D eigenvalue weighted by molar-refractivity contribution is 5.93. The van der Waals surface area contributed by atoms with E-state index in [9.17, 15) is 4.79 Å². The third-order valence-corrected chi connectivity index (χ3v) is 5.78. The second-order valence-electron chi connectivity index (χ2n) is 7.76. The number of nitrogens with zero attached hydrogens (tertiary/aromatic N) is 3. The SMILES string of the molecule is CCN(C)c1ccccc1NC(=O)NC1CCCc2c1cnn2Cc1ccccc1. The smallest absolute Gasteiger partial charge is 0.319 e. The Labute approximate surface area is 177 Å².